The number of hydrogen-bond donors (Lipinski definition) is 0. The van der Waals surface area contributed by atoms with Gasteiger partial charge in [-0.1, -0.05) is 12.1 Å². The van der Waals surface area contributed by atoms with Crippen LogP contribution in [0.3, 0.4) is 0 Å². The van der Waals surface area contributed by atoms with Crippen LogP contribution in [0.1, 0.15) is 30.6 Å². The number of alkyl halides is 3. The van der Waals surface area contributed by atoms with E-state index in [0.717, 1.165) is 0 Å². The number of hydrogen-bond acceptors (Lipinski definition) is 5. The summed E-state index contributed by atoms with van der Waals surface area (Å²) in [6, 6.07) is 6.87. The Hall–Kier alpha value is -2.01. The highest BCUT2D eigenvalue weighted by atomic mass is 32.2. The lowest BCUT2D eigenvalue weighted by Gasteiger charge is -2.20. The molecule has 1 aromatic rings. The number of carbonyl (C=O) groups is 2. The summed E-state index contributed by atoms with van der Waals surface area (Å²) < 4.78 is 41.5. The molecule has 0 aromatic heterocycles. The Kier molecular flexibility index (Phi) is 6.21. The molecule has 0 bridgehead atoms. The molecule has 0 fully saturated rings. The first-order valence-corrected chi connectivity index (χ1v) is 7.30. The zero-order valence-electron chi connectivity index (χ0n) is 12.4. The number of ketones is 1. The quantitative estimate of drug-likeness (QED) is 0.443. The number of carbonyl (C=O) groups excluding carboxylic acids is 2. The van der Waals surface area contributed by atoms with Crippen LogP contribution in [0, 0.1) is 16.7 Å². The summed E-state index contributed by atoms with van der Waals surface area (Å²) in [4.78, 5) is 22.9. The van der Waals surface area contributed by atoms with Crippen molar-refractivity contribution in [2.45, 2.75) is 30.7 Å². The van der Waals surface area contributed by atoms with Crippen molar-refractivity contribution in [1.29, 1.82) is 5.26 Å². The number of nitrogens with zero attached hydrogens (tertiary/aromatic N) is 1. The van der Waals surface area contributed by atoms with E-state index in [1.54, 1.807) is 0 Å². The van der Waals surface area contributed by atoms with Crippen LogP contribution >= 0.6 is 11.8 Å². The van der Waals surface area contributed by atoms with Crippen molar-refractivity contribution in [3.8, 4) is 6.07 Å². The molecule has 0 amide bonds. The second-order valence-corrected chi connectivity index (χ2v) is 6.26. The molecule has 0 N–H and O–H groups in total. The minimum Gasteiger partial charge on any atom is -0.464 e. The molecule has 0 radical (unpaired) electrons. The van der Waals surface area contributed by atoms with Crippen molar-refractivity contribution in [2.24, 2.45) is 5.41 Å². The van der Waals surface area contributed by atoms with Gasteiger partial charge in [-0.05, 0) is 30.8 Å². The Balaban J connectivity index is 2.77. The molecule has 1 aromatic carbocycles. The number of Topliss-reactive ketones (excluding diaryl/α,β-unsaturated/α-hetero) is 1. The van der Waals surface area contributed by atoms with Gasteiger partial charge in [-0.15, -0.1) is 0 Å². The number of esters is 1. The number of thioether (sulfide) groups is 1. The highest BCUT2D eigenvalue weighted by molar-refractivity contribution is 8.00. The first-order valence-electron chi connectivity index (χ1n) is 6.48. The average molecular weight is 345 g/mol. The van der Waals surface area contributed by atoms with E-state index >= 15 is 0 Å². The maximum atomic E-state index is 12.2. The summed E-state index contributed by atoms with van der Waals surface area (Å²) in [6.45, 7) is 2.44. The maximum Gasteiger partial charge on any atom is 0.446 e. The minimum absolute atomic E-state index is 0.0305. The zero-order chi connectivity index (χ0) is 17.7. The van der Waals surface area contributed by atoms with E-state index in [4.69, 9.17) is 10.00 Å². The predicted octanol–water partition coefficient (Wildman–Crippen LogP) is 3.96. The fourth-order valence-corrected chi connectivity index (χ4v) is 2.22. The molecule has 0 saturated carbocycles. The van der Waals surface area contributed by atoms with E-state index in [2.05, 4.69) is 0 Å². The number of rotatable bonds is 6. The van der Waals surface area contributed by atoms with Gasteiger partial charge in [0.2, 0.25) is 0 Å². The summed E-state index contributed by atoms with van der Waals surface area (Å²) >= 11 is -0.271. The third-order valence-electron chi connectivity index (χ3n) is 2.82. The third kappa shape index (κ3) is 6.74. The molecule has 1 atom stereocenters. The number of ether oxygens (including phenoxy) is 1. The first-order chi connectivity index (χ1) is 10.5. The second kappa shape index (κ2) is 7.51. The van der Waals surface area contributed by atoms with Crippen molar-refractivity contribution in [3.63, 3.8) is 0 Å². The van der Waals surface area contributed by atoms with Crippen LogP contribution in [0.5, 0.6) is 0 Å². The van der Waals surface area contributed by atoms with Crippen LogP contribution < -0.4 is 0 Å². The fourth-order valence-electron chi connectivity index (χ4n) is 1.68. The highest BCUT2D eigenvalue weighted by Crippen LogP contribution is 2.36. The van der Waals surface area contributed by atoms with Crippen molar-refractivity contribution in [2.75, 3.05) is 6.61 Å². The van der Waals surface area contributed by atoms with Gasteiger partial charge in [-0.25, -0.2) is 0 Å². The van der Waals surface area contributed by atoms with Gasteiger partial charge in [0.15, 0.2) is 5.78 Å². The second-order valence-electron chi connectivity index (χ2n) is 5.12. The SMILES string of the molecule is CC(=O)OCC(C)(C#N)CC(=O)c1ccc(SC(F)(F)F)cc1. The van der Waals surface area contributed by atoms with E-state index in [0.29, 0.717) is 0 Å². The van der Waals surface area contributed by atoms with Crippen LogP contribution in [0.2, 0.25) is 0 Å². The van der Waals surface area contributed by atoms with Crippen LogP contribution in [0.25, 0.3) is 0 Å². The Morgan fingerprint density at radius 1 is 1.26 bits per heavy atom. The Bertz CT molecular complexity index is 622. The molecule has 23 heavy (non-hydrogen) atoms. The maximum absolute atomic E-state index is 12.2. The van der Waals surface area contributed by atoms with E-state index in [9.17, 15) is 22.8 Å². The largest absolute Gasteiger partial charge is 0.464 e. The summed E-state index contributed by atoms with van der Waals surface area (Å²) in [6.07, 6.45) is -0.206. The summed E-state index contributed by atoms with van der Waals surface area (Å²) in [7, 11) is 0. The standard InChI is InChI=1S/C15H14F3NO3S/c1-10(20)22-9-14(2,8-19)7-13(21)11-3-5-12(6-4-11)23-15(16,17)18/h3-6H,7,9H2,1-2H3. The Morgan fingerprint density at radius 3 is 2.26 bits per heavy atom. The molecule has 0 aliphatic carbocycles. The van der Waals surface area contributed by atoms with Crippen LogP contribution in [-0.2, 0) is 9.53 Å². The van der Waals surface area contributed by atoms with Gasteiger partial charge >= 0.3 is 11.5 Å². The monoisotopic (exact) mass is 345 g/mol. The third-order valence-corrected chi connectivity index (χ3v) is 3.56. The average Bonchev–Trinajstić information content (AvgIpc) is 2.44. The molecule has 4 nitrogen and oxygen atoms in total. The van der Waals surface area contributed by atoms with Gasteiger partial charge in [-0.3, -0.25) is 9.59 Å². The van der Waals surface area contributed by atoms with Crippen LogP contribution in [0.4, 0.5) is 13.2 Å². The van der Waals surface area contributed by atoms with Crippen molar-refractivity contribution < 1.29 is 27.5 Å². The predicted molar refractivity (Wildman–Crippen MR) is 77.7 cm³/mol. The van der Waals surface area contributed by atoms with Gasteiger partial charge in [-0.2, -0.15) is 18.4 Å². The molecule has 1 rings (SSSR count). The van der Waals surface area contributed by atoms with Gasteiger partial charge in [0.05, 0.1) is 11.5 Å². The lowest BCUT2D eigenvalue weighted by molar-refractivity contribution is -0.143. The van der Waals surface area contributed by atoms with Crippen molar-refractivity contribution in [1.82, 2.24) is 0 Å². The molecule has 0 aliphatic heterocycles. The van der Waals surface area contributed by atoms with Gasteiger partial charge in [0, 0.05) is 23.8 Å². The Morgan fingerprint density at radius 2 is 1.83 bits per heavy atom. The Labute approximate surface area is 135 Å². The minimum atomic E-state index is -4.39. The smallest absolute Gasteiger partial charge is 0.446 e. The molecular formula is C15H14F3NO3S. The molecule has 8 heteroatoms. The van der Waals surface area contributed by atoms with Crippen molar-refractivity contribution in [3.05, 3.63) is 29.8 Å². The molecule has 124 valence electrons. The number of halogens is 3. The zero-order valence-corrected chi connectivity index (χ0v) is 13.3. The number of nitriles is 1. The first kappa shape index (κ1) is 19.0. The summed E-state index contributed by atoms with van der Waals surface area (Å²) in [5.41, 5.74) is -5.39. The van der Waals surface area contributed by atoms with Gasteiger partial charge in [0.25, 0.3) is 0 Å². The molecule has 1 unspecified atom stereocenters. The highest BCUT2D eigenvalue weighted by Gasteiger charge is 2.31. The number of benzene rings is 1. The molecule has 0 saturated heterocycles. The van der Waals surface area contributed by atoms with Gasteiger partial charge in [0.1, 0.15) is 6.61 Å². The van der Waals surface area contributed by atoms with E-state index in [1.165, 1.54) is 38.1 Å². The molecule has 0 heterocycles. The van der Waals surface area contributed by atoms with Gasteiger partial charge < -0.3 is 4.74 Å². The van der Waals surface area contributed by atoms with Crippen LogP contribution in [0.15, 0.2) is 29.2 Å². The molecule has 0 aliphatic rings. The molecular weight excluding hydrogens is 331 g/mol. The summed E-state index contributed by atoms with van der Waals surface area (Å²) in [5, 5.41) is 9.14. The summed E-state index contributed by atoms with van der Waals surface area (Å²) in [5.74, 6) is -0.975. The van der Waals surface area contributed by atoms with Crippen molar-refractivity contribution >= 4 is 23.5 Å². The lowest BCUT2D eigenvalue weighted by atomic mass is 9.86. The van der Waals surface area contributed by atoms with E-state index in [-0.39, 0.29) is 35.2 Å². The van der Waals surface area contributed by atoms with E-state index in [1.807, 2.05) is 6.07 Å². The fraction of sp³-hybridized carbons (Fsp3) is 0.400. The normalized spacial score (nSPS) is 13.7. The van der Waals surface area contributed by atoms with E-state index < -0.39 is 22.7 Å². The van der Waals surface area contributed by atoms with Crippen LogP contribution in [-0.4, -0.2) is 23.9 Å². The molecule has 0 spiro atoms. The topological polar surface area (TPSA) is 67.2 Å². The lowest BCUT2D eigenvalue weighted by Crippen LogP contribution is -2.26.